The molecule has 18 heavy (non-hydrogen) atoms. The first-order chi connectivity index (χ1) is 8.93. The van der Waals surface area contributed by atoms with Gasteiger partial charge in [-0.05, 0) is 18.4 Å². The van der Waals surface area contributed by atoms with Crippen LogP contribution < -0.4 is 15.4 Å². The summed E-state index contributed by atoms with van der Waals surface area (Å²) in [6, 6.07) is 6.28. The van der Waals surface area contributed by atoms with Crippen LogP contribution in [0.3, 0.4) is 0 Å². The van der Waals surface area contributed by atoms with Gasteiger partial charge in [0.1, 0.15) is 12.4 Å². The molecule has 2 N–H and O–H groups in total. The third kappa shape index (κ3) is 2.60. The summed E-state index contributed by atoms with van der Waals surface area (Å²) in [6.45, 7) is 5.35. The van der Waals surface area contributed by atoms with Crippen molar-refractivity contribution in [2.45, 2.75) is 13.0 Å². The van der Waals surface area contributed by atoms with Crippen LogP contribution >= 0.6 is 0 Å². The molecule has 98 valence electrons. The van der Waals surface area contributed by atoms with E-state index in [0.29, 0.717) is 5.92 Å². The van der Waals surface area contributed by atoms with Crippen LogP contribution in [0.2, 0.25) is 0 Å². The highest BCUT2D eigenvalue weighted by Gasteiger charge is 2.16. The Balaban J connectivity index is 1.58. The van der Waals surface area contributed by atoms with E-state index in [1.54, 1.807) is 0 Å². The number of hydrogen-bond donors (Lipinski definition) is 2. The van der Waals surface area contributed by atoms with Crippen LogP contribution in [0.15, 0.2) is 18.2 Å². The van der Waals surface area contributed by atoms with Crippen LogP contribution in [0.25, 0.3) is 0 Å². The van der Waals surface area contributed by atoms with Crippen LogP contribution in [0.4, 0.5) is 5.69 Å². The van der Waals surface area contributed by atoms with Gasteiger partial charge >= 0.3 is 0 Å². The second kappa shape index (κ2) is 5.59. The van der Waals surface area contributed by atoms with Gasteiger partial charge in [-0.3, -0.25) is 0 Å². The van der Waals surface area contributed by atoms with E-state index in [-0.39, 0.29) is 0 Å². The molecule has 0 aliphatic carbocycles. The molecule has 0 saturated carbocycles. The van der Waals surface area contributed by atoms with Crippen molar-refractivity contribution in [1.82, 2.24) is 5.32 Å². The Hall–Kier alpha value is -1.26. The van der Waals surface area contributed by atoms with Gasteiger partial charge in [-0.25, -0.2) is 0 Å². The molecular weight excluding hydrogens is 228 g/mol. The molecule has 4 heteroatoms. The van der Waals surface area contributed by atoms with Gasteiger partial charge in [0.25, 0.3) is 0 Å². The normalized spacial score (nSPS) is 22.1. The molecule has 1 unspecified atom stereocenters. The molecule has 2 aliphatic rings. The molecule has 2 aliphatic heterocycles. The first kappa shape index (κ1) is 11.8. The van der Waals surface area contributed by atoms with Crippen molar-refractivity contribution in [1.29, 1.82) is 0 Å². The fourth-order valence-corrected chi connectivity index (χ4v) is 2.53. The fraction of sp³-hybridized carbons (Fsp3) is 0.571. The minimum Gasteiger partial charge on any atom is -0.489 e. The molecule has 1 aromatic carbocycles. The van der Waals surface area contributed by atoms with E-state index in [9.17, 15) is 0 Å². The monoisotopic (exact) mass is 248 g/mol. The Kier molecular flexibility index (Phi) is 3.67. The van der Waals surface area contributed by atoms with Gasteiger partial charge in [0, 0.05) is 31.8 Å². The number of ether oxygens (including phenoxy) is 2. The predicted molar refractivity (Wildman–Crippen MR) is 71.1 cm³/mol. The minimum absolute atomic E-state index is 0.670. The first-order valence-electron chi connectivity index (χ1n) is 6.70. The Morgan fingerprint density at radius 1 is 1.33 bits per heavy atom. The zero-order chi connectivity index (χ0) is 12.2. The number of anilines is 1. The van der Waals surface area contributed by atoms with Crippen molar-refractivity contribution in [3.63, 3.8) is 0 Å². The van der Waals surface area contributed by atoms with Crippen LogP contribution in [0.5, 0.6) is 5.75 Å². The number of rotatable bonds is 4. The van der Waals surface area contributed by atoms with Crippen LogP contribution in [-0.4, -0.2) is 32.9 Å². The minimum atomic E-state index is 0.670. The summed E-state index contributed by atoms with van der Waals surface area (Å²) in [4.78, 5) is 0. The second-order valence-corrected chi connectivity index (χ2v) is 4.93. The van der Waals surface area contributed by atoms with Crippen molar-refractivity contribution >= 4 is 5.69 Å². The SMILES string of the molecule is c1cc(CNCC2CCOC2)c2c(c1)NCCO2. The molecule has 0 amide bonds. The van der Waals surface area contributed by atoms with E-state index < -0.39 is 0 Å². The molecule has 0 spiro atoms. The number of fused-ring (bicyclic) bond motifs is 1. The molecule has 3 rings (SSSR count). The van der Waals surface area contributed by atoms with E-state index in [1.165, 1.54) is 12.0 Å². The summed E-state index contributed by atoms with van der Waals surface area (Å²) in [6.07, 6.45) is 1.18. The first-order valence-corrected chi connectivity index (χ1v) is 6.70. The van der Waals surface area contributed by atoms with Gasteiger partial charge in [0.2, 0.25) is 0 Å². The lowest BCUT2D eigenvalue weighted by Crippen LogP contribution is -2.24. The summed E-state index contributed by atoms with van der Waals surface area (Å²) < 4.78 is 11.1. The smallest absolute Gasteiger partial charge is 0.146 e. The van der Waals surface area contributed by atoms with E-state index in [1.807, 2.05) is 0 Å². The maximum absolute atomic E-state index is 5.75. The maximum atomic E-state index is 5.75. The lowest BCUT2D eigenvalue weighted by Gasteiger charge is -2.22. The van der Waals surface area contributed by atoms with Crippen LogP contribution in [0.1, 0.15) is 12.0 Å². The lowest BCUT2D eigenvalue weighted by atomic mass is 10.1. The Labute approximate surface area is 108 Å². The van der Waals surface area contributed by atoms with E-state index in [0.717, 1.165) is 50.9 Å². The van der Waals surface area contributed by atoms with Gasteiger partial charge < -0.3 is 20.1 Å². The fourth-order valence-electron chi connectivity index (χ4n) is 2.53. The molecule has 0 radical (unpaired) electrons. The Morgan fingerprint density at radius 3 is 3.22 bits per heavy atom. The molecule has 1 aromatic rings. The number of hydrogen-bond acceptors (Lipinski definition) is 4. The highest BCUT2D eigenvalue weighted by atomic mass is 16.5. The zero-order valence-electron chi connectivity index (χ0n) is 10.6. The number of nitrogens with one attached hydrogen (secondary N) is 2. The van der Waals surface area contributed by atoms with Crippen LogP contribution in [0, 0.1) is 5.92 Å². The average molecular weight is 248 g/mol. The summed E-state index contributed by atoms with van der Waals surface area (Å²) >= 11 is 0. The maximum Gasteiger partial charge on any atom is 0.146 e. The van der Waals surface area contributed by atoms with Crippen molar-refractivity contribution in [3.8, 4) is 5.75 Å². The van der Waals surface area contributed by atoms with E-state index in [2.05, 4.69) is 28.8 Å². The summed E-state index contributed by atoms with van der Waals surface area (Å²) in [5, 5.41) is 6.87. The molecule has 4 nitrogen and oxygen atoms in total. The average Bonchev–Trinajstić information content (AvgIpc) is 2.92. The quantitative estimate of drug-likeness (QED) is 0.849. The topological polar surface area (TPSA) is 42.5 Å². The van der Waals surface area contributed by atoms with E-state index in [4.69, 9.17) is 9.47 Å². The van der Waals surface area contributed by atoms with Crippen molar-refractivity contribution in [2.75, 3.05) is 38.2 Å². The van der Waals surface area contributed by atoms with Gasteiger partial charge in [-0.1, -0.05) is 12.1 Å². The number of para-hydroxylation sites is 1. The lowest BCUT2D eigenvalue weighted by molar-refractivity contribution is 0.185. The largest absolute Gasteiger partial charge is 0.489 e. The van der Waals surface area contributed by atoms with Gasteiger partial charge in [-0.15, -0.1) is 0 Å². The van der Waals surface area contributed by atoms with Gasteiger partial charge in [0.15, 0.2) is 0 Å². The summed E-state index contributed by atoms with van der Waals surface area (Å²) in [7, 11) is 0. The molecule has 2 heterocycles. The Bertz CT molecular complexity index is 403. The third-order valence-corrected chi connectivity index (χ3v) is 3.53. The second-order valence-electron chi connectivity index (χ2n) is 4.93. The Morgan fingerprint density at radius 2 is 2.33 bits per heavy atom. The highest BCUT2D eigenvalue weighted by Crippen LogP contribution is 2.31. The van der Waals surface area contributed by atoms with Crippen molar-refractivity contribution in [2.24, 2.45) is 5.92 Å². The molecule has 1 atom stereocenters. The molecule has 0 bridgehead atoms. The van der Waals surface area contributed by atoms with Crippen molar-refractivity contribution < 1.29 is 9.47 Å². The van der Waals surface area contributed by atoms with Gasteiger partial charge in [-0.2, -0.15) is 0 Å². The number of benzene rings is 1. The molecule has 1 saturated heterocycles. The van der Waals surface area contributed by atoms with Gasteiger partial charge in [0.05, 0.1) is 12.3 Å². The molecule has 0 aromatic heterocycles. The van der Waals surface area contributed by atoms with Crippen molar-refractivity contribution in [3.05, 3.63) is 23.8 Å². The standard InChI is InChI=1S/C14H20N2O2/c1-2-12(9-15-8-11-4-6-17-10-11)14-13(3-1)16-5-7-18-14/h1-3,11,15-16H,4-10H2. The summed E-state index contributed by atoms with van der Waals surface area (Å²) in [5.74, 6) is 1.68. The van der Waals surface area contributed by atoms with E-state index >= 15 is 0 Å². The highest BCUT2D eigenvalue weighted by molar-refractivity contribution is 5.61. The zero-order valence-corrected chi connectivity index (χ0v) is 10.6. The summed E-state index contributed by atoms with van der Waals surface area (Å²) in [5.41, 5.74) is 2.35. The van der Waals surface area contributed by atoms with Crippen LogP contribution in [-0.2, 0) is 11.3 Å². The predicted octanol–water partition coefficient (Wildman–Crippen LogP) is 1.62. The third-order valence-electron chi connectivity index (χ3n) is 3.53. The molecule has 1 fully saturated rings. The molecular formula is C14H20N2O2.